The molecule has 1 fully saturated rings. The maximum absolute atomic E-state index is 9.17. The van der Waals surface area contributed by atoms with Crippen LogP contribution in [0.5, 0.6) is 0 Å². The molecule has 5 heteroatoms. The fourth-order valence-electron chi connectivity index (χ4n) is 2.58. The van der Waals surface area contributed by atoms with Gasteiger partial charge in [0.15, 0.2) is 0 Å². The summed E-state index contributed by atoms with van der Waals surface area (Å²) in [5.74, 6) is 0. The molecule has 1 aromatic rings. The average Bonchev–Trinajstić information content (AvgIpc) is 2.68. The van der Waals surface area contributed by atoms with E-state index in [-0.39, 0.29) is 5.54 Å². The van der Waals surface area contributed by atoms with Crippen LogP contribution in [0.2, 0.25) is 0 Å². The molecule has 0 saturated carbocycles. The van der Waals surface area contributed by atoms with Crippen molar-refractivity contribution in [1.29, 1.82) is 5.26 Å². The summed E-state index contributed by atoms with van der Waals surface area (Å²) in [6.07, 6.45) is 0. The molecule has 1 aromatic heterocycles. The first-order valence-electron chi connectivity index (χ1n) is 6.80. The van der Waals surface area contributed by atoms with Gasteiger partial charge in [-0.3, -0.25) is 14.5 Å². The number of rotatable bonds is 3. The lowest BCUT2D eigenvalue weighted by molar-refractivity contribution is 0.0751. The van der Waals surface area contributed by atoms with Crippen LogP contribution >= 0.6 is 0 Å². The fourth-order valence-corrected chi connectivity index (χ4v) is 2.58. The van der Waals surface area contributed by atoms with Crippen LogP contribution in [0.15, 0.2) is 6.07 Å². The van der Waals surface area contributed by atoms with E-state index in [1.54, 1.807) is 0 Å². The number of piperazine rings is 1. The second-order valence-corrected chi connectivity index (χ2v) is 5.83. The summed E-state index contributed by atoms with van der Waals surface area (Å²) in [6, 6.07) is 4.53. The highest BCUT2D eigenvalue weighted by Gasteiger charge is 2.29. The first kappa shape index (κ1) is 14.0. The van der Waals surface area contributed by atoms with Crippen LogP contribution in [-0.4, -0.2) is 51.3 Å². The normalized spacial score (nSPS) is 18.5. The molecule has 0 unspecified atom stereocenters. The number of nitrogens with zero attached hydrogens (tertiary/aromatic N) is 5. The lowest BCUT2D eigenvalue weighted by atomic mass is 10.0. The van der Waals surface area contributed by atoms with Gasteiger partial charge in [0.25, 0.3) is 0 Å². The maximum Gasteiger partial charge on any atom is 0.103 e. The van der Waals surface area contributed by atoms with Gasteiger partial charge in [0.2, 0.25) is 0 Å². The maximum atomic E-state index is 9.17. The third-order valence-electron chi connectivity index (χ3n) is 3.92. The van der Waals surface area contributed by atoms with Gasteiger partial charge in [0.05, 0.1) is 17.5 Å². The molecule has 1 aliphatic heterocycles. The summed E-state index contributed by atoms with van der Waals surface area (Å²) < 4.78 is 1.96. The smallest absolute Gasteiger partial charge is 0.103 e. The zero-order chi connectivity index (χ0) is 14.0. The zero-order valence-electron chi connectivity index (χ0n) is 12.3. The summed E-state index contributed by atoms with van der Waals surface area (Å²) in [7, 11) is 2.00. The Morgan fingerprint density at radius 2 is 1.95 bits per heavy atom. The second kappa shape index (κ2) is 5.32. The molecule has 1 aliphatic rings. The minimum atomic E-state index is -0.352. The number of hydrogen-bond donors (Lipinski definition) is 0. The third-order valence-corrected chi connectivity index (χ3v) is 3.92. The van der Waals surface area contributed by atoms with E-state index in [4.69, 9.17) is 5.26 Å². The summed E-state index contributed by atoms with van der Waals surface area (Å²) in [5.41, 5.74) is 1.97. The molecular formula is C14H23N5. The monoisotopic (exact) mass is 261 g/mol. The Hall–Kier alpha value is -1.38. The standard InChI is InChI=1S/C14H23N5/c1-12-9-13(17(4)16-12)10-18-5-7-19(8-6-18)14(2,3)11-15/h9H,5-8,10H2,1-4H3. The molecule has 0 amide bonds. The van der Waals surface area contributed by atoms with E-state index in [9.17, 15) is 0 Å². The number of aryl methyl sites for hydroxylation is 2. The minimum absolute atomic E-state index is 0.352. The summed E-state index contributed by atoms with van der Waals surface area (Å²) in [6.45, 7) is 10.9. The average molecular weight is 261 g/mol. The third kappa shape index (κ3) is 3.14. The van der Waals surface area contributed by atoms with Crippen molar-refractivity contribution in [3.63, 3.8) is 0 Å². The zero-order valence-corrected chi connectivity index (χ0v) is 12.3. The van der Waals surface area contributed by atoms with Gasteiger partial charge in [-0.25, -0.2) is 0 Å². The molecule has 0 aliphatic carbocycles. The van der Waals surface area contributed by atoms with Crippen molar-refractivity contribution in [3.05, 3.63) is 17.5 Å². The van der Waals surface area contributed by atoms with Crippen LogP contribution in [0, 0.1) is 18.3 Å². The Morgan fingerprint density at radius 3 is 2.42 bits per heavy atom. The van der Waals surface area contributed by atoms with Crippen molar-refractivity contribution in [3.8, 4) is 6.07 Å². The van der Waals surface area contributed by atoms with Gasteiger partial charge in [0.1, 0.15) is 5.54 Å². The van der Waals surface area contributed by atoms with E-state index >= 15 is 0 Å². The Bertz CT molecular complexity index is 475. The number of hydrogen-bond acceptors (Lipinski definition) is 4. The molecule has 1 saturated heterocycles. The summed E-state index contributed by atoms with van der Waals surface area (Å²) in [4.78, 5) is 4.69. The summed E-state index contributed by atoms with van der Waals surface area (Å²) in [5, 5.41) is 13.6. The molecule has 2 heterocycles. The molecule has 5 nitrogen and oxygen atoms in total. The molecule has 0 radical (unpaired) electrons. The molecule has 0 atom stereocenters. The van der Waals surface area contributed by atoms with Crippen LogP contribution < -0.4 is 0 Å². The first-order valence-corrected chi connectivity index (χ1v) is 6.80. The van der Waals surface area contributed by atoms with E-state index in [2.05, 4.69) is 27.0 Å². The molecule has 2 rings (SSSR count). The molecule has 19 heavy (non-hydrogen) atoms. The lowest BCUT2D eigenvalue weighted by Crippen LogP contribution is -2.53. The predicted molar refractivity (Wildman–Crippen MR) is 74.5 cm³/mol. The molecule has 0 spiro atoms. The van der Waals surface area contributed by atoms with E-state index in [0.29, 0.717) is 0 Å². The predicted octanol–water partition coefficient (Wildman–Crippen LogP) is 1.15. The van der Waals surface area contributed by atoms with Crippen molar-refractivity contribution in [2.45, 2.75) is 32.9 Å². The molecule has 0 aromatic carbocycles. The molecule has 0 N–H and O–H groups in total. The van der Waals surface area contributed by atoms with Crippen molar-refractivity contribution in [2.24, 2.45) is 7.05 Å². The molecule has 0 bridgehead atoms. The highest BCUT2D eigenvalue weighted by Crippen LogP contribution is 2.17. The van der Waals surface area contributed by atoms with Crippen LogP contribution in [0.1, 0.15) is 25.2 Å². The number of nitriles is 1. The Balaban J connectivity index is 1.91. The van der Waals surface area contributed by atoms with Crippen molar-refractivity contribution < 1.29 is 0 Å². The topological polar surface area (TPSA) is 48.1 Å². The van der Waals surface area contributed by atoms with Gasteiger partial charge >= 0.3 is 0 Å². The van der Waals surface area contributed by atoms with Crippen LogP contribution in [0.25, 0.3) is 0 Å². The van der Waals surface area contributed by atoms with Gasteiger partial charge < -0.3 is 0 Å². The molecular weight excluding hydrogens is 238 g/mol. The SMILES string of the molecule is Cc1cc(CN2CCN(C(C)(C)C#N)CC2)n(C)n1. The minimum Gasteiger partial charge on any atom is -0.295 e. The molecule has 104 valence electrons. The van der Waals surface area contributed by atoms with E-state index < -0.39 is 0 Å². The Labute approximate surface area is 115 Å². The van der Waals surface area contributed by atoms with Gasteiger partial charge in [-0.2, -0.15) is 10.4 Å². The van der Waals surface area contributed by atoms with E-state index in [0.717, 1.165) is 38.4 Å². The summed E-state index contributed by atoms with van der Waals surface area (Å²) >= 11 is 0. The Kier molecular flexibility index (Phi) is 3.93. The highest BCUT2D eigenvalue weighted by atomic mass is 15.3. The van der Waals surface area contributed by atoms with Crippen molar-refractivity contribution in [2.75, 3.05) is 26.2 Å². The quantitative estimate of drug-likeness (QED) is 0.819. The van der Waals surface area contributed by atoms with Crippen molar-refractivity contribution >= 4 is 0 Å². The first-order chi connectivity index (χ1) is 8.92. The lowest BCUT2D eigenvalue weighted by Gasteiger charge is -2.40. The van der Waals surface area contributed by atoms with Gasteiger partial charge in [0, 0.05) is 39.8 Å². The largest absolute Gasteiger partial charge is 0.295 e. The van der Waals surface area contributed by atoms with Crippen LogP contribution in [-0.2, 0) is 13.6 Å². The van der Waals surface area contributed by atoms with Gasteiger partial charge in [-0.05, 0) is 26.8 Å². The fraction of sp³-hybridized carbons (Fsp3) is 0.714. The van der Waals surface area contributed by atoms with E-state index in [1.165, 1.54) is 5.69 Å². The Morgan fingerprint density at radius 1 is 1.32 bits per heavy atom. The number of aromatic nitrogens is 2. The van der Waals surface area contributed by atoms with Crippen LogP contribution in [0.4, 0.5) is 0 Å². The van der Waals surface area contributed by atoms with E-state index in [1.807, 2.05) is 32.5 Å². The van der Waals surface area contributed by atoms with Crippen molar-refractivity contribution in [1.82, 2.24) is 19.6 Å². The highest BCUT2D eigenvalue weighted by molar-refractivity contribution is 5.09. The van der Waals surface area contributed by atoms with Crippen LogP contribution in [0.3, 0.4) is 0 Å². The van der Waals surface area contributed by atoms with Gasteiger partial charge in [-0.15, -0.1) is 0 Å². The van der Waals surface area contributed by atoms with Gasteiger partial charge in [-0.1, -0.05) is 0 Å². The second-order valence-electron chi connectivity index (χ2n) is 5.83.